The number of ether oxygens (including phenoxy) is 1. The molecule has 0 atom stereocenters. The molecule has 0 heterocycles. The number of nitrogens with one attached hydrogen (secondary N) is 1. The van der Waals surface area contributed by atoms with E-state index in [9.17, 15) is 18.0 Å². The van der Waals surface area contributed by atoms with E-state index in [1.165, 1.54) is 44.2 Å². The van der Waals surface area contributed by atoms with Crippen LogP contribution in [0.25, 0.3) is 0 Å². The van der Waals surface area contributed by atoms with Crippen LogP contribution in [0.4, 0.5) is 0 Å². The summed E-state index contributed by atoms with van der Waals surface area (Å²) in [5, 5.41) is 3.28. The second-order valence-corrected chi connectivity index (χ2v) is 9.11. The lowest BCUT2D eigenvalue weighted by molar-refractivity contribution is -0.148. The molecule has 0 saturated heterocycles. The Labute approximate surface area is 165 Å². The fourth-order valence-corrected chi connectivity index (χ4v) is 4.18. The second kappa shape index (κ2) is 10.1. The number of benzene rings is 1. The molecule has 1 aliphatic carbocycles. The zero-order valence-electron chi connectivity index (χ0n) is 15.3. The molecule has 0 aliphatic heterocycles. The lowest BCUT2D eigenvalue weighted by Gasteiger charge is -2.18. The van der Waals surface area contributed by atoms with Gasteiger partial charge in [0, 0.05) is 18.1 Å². The standard InChI is InChI=1S/C18H25ClN2O5S/c1-21(27(24,25)16-10-8-14(19)9-11-16)12-18(23)26-13-17(22)20-15-6-4-2-3-5-7-15/h8-11,15H,2-7,12-13H2,1H3,(H,20,22). The van der Waals surface area contributed by atoms with Gasteiger partial charge in [-0.05, 0) is 37.1 Å². The summed E-state index contributed by atoms with van der Waals surface area (Å²) in [6, 6.07) is 5.75. The van der Waals surface area contributed by atoms with Gasteiger partial charge in [0.15, 0.2) is 6.61 Å². The zero-order valence-corrected chi connectivity index (χ0v) is 16.9. The Balaban J connectivity index is 1.80. The predicted octanol–water partition coefficient (Wildman–Crippen LogP) is 2.34. The summed E-state index contributed by atoms with van der Waals surface area (Å²) in [6.45, 7) is -0.897. The Hall–Kier alpha value is -1.64. The Morgan fingerprint density at radius 2 is 1.74 bits per heavy atom. The van der Waals surface area contributed by atoms with Crippen molar-refractivity contribution in [3.05, 3.63) is 29.3 Å². The first-order valence-electron chi connectivity index (χ1n) is 8.96. The van der Waals surface area contributed by atoms with E-state index in [1.54, 1.807) is 0 Å². The molecule has 0 aromatic heterocycles. The van der Waals surface area contributed by atoms with Crippen LogP contribution < -0.4 is 5.32 Å². The van der Waals surface area contributed by atoms with Crippen LogP contribution in [0.15, 0.2) is 29.2 Å². The number of halogens is 1. The van der Waals surface area contributed by atoms with E-state index < -0.39 is 29.1 Å². The number of esters is 1. The maximum absolute atomic E-state index is 12.4. The molecule has 1 aromatic rings. The van der Waals surface area contributed by atoms with E-state index in [0.717, 1.165) is 30.0 Å². The number of sulfonamides is 1. The van der Waals surface area contributed by atoms with Crippen molar-refractivity contribution in [3.63, 3.8) is 0 Å². The third-order valence-corrected chi connectivity index (χ3v) is 6.53. The summed E-state index contributed by atoms with van der Waals surface area (Å²) < 4.78 is 30.6. The smallest absolute Gasteiger partial charge is 0.321 e. The normalized spacial score (nSPS) is 16.0. The second-order valence-electron chi connectivity index (χ2n) is 6.63. The highest BCUT2D eigenvalue weighted by atomic mass is 35.5. The summed E-state index contributed by atoms with van der Waals surface area (Å²) in [7, 11) is -2.57. The van der Waals surface area contributed by atoms with Gasteiger partial charge in [-0.15, -0.1) is 0 Å². The van der Waals surface area contributed by atoms with Crippen LogP contribution in [-0.4, -0.2) is 50.8 Å². The van der Waals surface area contributed by atoms with E-state index in [0.29, 0.717) is 5.02 Å². The van der Waals surface area contributed by atoms with Gasteiger partial charge in [-0.1, -0.05) is 37.3 Å². The van der Waals surface area contributed by atoms with Gasteiger partial charge in [0.05, 0.1) is 4.90 Å². The number of carbonyl (C=O) groups excluding carboxylic acids is 2. The molecule has 27 heavy (non-hydrogen) atoms. The van der Waals surface area contributed by atoms with Gasteiger partial charge in [-0.3, -0.25) is 9.59 Å². The zero-order chi connectivity index (χ0) is 19.9. The average molecular weight is 417 g/mol. The summed E-state index contributed by atoms with van der Waals surface area (Å²) in [5.74, 6) is -1.15. The van der Waals surface area contributed by atoms with Crippen molar-refractivity contribution in [2.75, 3.05) is 20.2 Å². The molecule has 1 aromatic carbocycles. The Bertz CT molecular complexity index is 744. The molecule has 1 N–H and O–H groups in total. The van der Waals surface area contributed by atoms with E-state index in [1.807, 2.05) is 0 Å². The Morgan fingerprint density at radius 1 is 1.15 bits per heavy atom. The minimum Gasteiger partial charge on any atom is -0.455 e. The molecule has 150 valence electrons. The van der Waals surface area contributed by atoms with E-state index in [-0.39, 0.29) is 16.8 Å². The van der Waals surface area contributed by atoms with Gasteiger partial charge in [0.2, 0.25) is 10.0 Å². The molecular formula is C18H25ClN2O5S. The molecule has 1 saturated carbocycles. The third kappa shape index (κ3) is 6.79. The van der Waals surface area contributed by atoms with Gasteiger partial charge in [-0.25, -0.2) is 8.42 Å². The summed E-state index contributed by atoms with van der Waals surface area (Å²) in [6.07, 6.45) is 6.38. The quantitative estimate of drug-likeness (QED) is 0.544. The molecule has 1 aliphatic rings. The highest BCUT2D eigenvalue weighted by Gasteiger charge is 2.24. The summed E-state index contributed by atoms with van der Waals surface area (Å²) >= 11 is 5.75. The molecule has 7 nitrogen and oxygen atoms in total. The van der Waals surface area contributed by atoms with Crippen molar-refractivity contribution in [1.82, 2.24) is 9.62 Å². The molecule has 1 fully saturated rings. The number of nitrogens with zero attached hydrogens (tertiary/aromatic N) is 1. The van der Waals surface area contributed by atoms with Crippen molar-refractivity contribution in [3.8, 4) is 0 Å². The van der Waals surface area contributed by atoms with Crippen LogP contribution in [0.2, 0.25) is 5.02 Å². The fourth-order valence-electron chi connectivity index (χ4n) is 2.94. The fraction of sp³-hybridized carbons (Fsp3) is 0.556. The largest absolute Gasteiger partial charge is 0.455 e. The maximum atomic E-state index is 12.4. The van der Waals surface area contributed by atoms with E-state index in [2.05, 4.69) is 5.32 Å². The summed E-state index contributed by atoms with van der Waals surface area (Å²) in [5.41, 5.74) is 0. The van der Waals surface area contributed by atoms with Crippen LogP contribution in [0.3, 0.4) is 0 Å². The lowest BCUT2D eigenvalue weighted by atomic mass is 10.1. The van der Waals surface area contributed by atoms with Gasteiger partial charge in [0.1, 0.15) is 6.54 Å². The van der Waals surface area contributed by atoms with E-state index >= 15 is 0 Å². The maximum Gasteiger partial charge on any atom is 0.321 e. The monoisotopic (exact) mass is 416 g/mol. The average Bonchev–Trinajstić information content (AvgIpc) is 2.89. The molecule has 9 heteroatoms. The highest BCUT2D eigenvalue weighted by molar-refractivity contribution is 7.89. The molecule has 0 unspecified atom stereocenters. The van der Waals surface area contributed by atoms with Crippen LogP contribution in [-0.2, 0) is 24.3 Å². The first-order chi connectivity index (χ1) is 12.8. The van der Waals surface area contributed by atoms with Crippen LogP contribution in [0.1, 0.15) is 38.5 Å². The number of hydrogen-bond donors (Lipinski definition) is 1. The van der Waals surface area contributed by atoms with Crippen molar-refractivity contribution < 1.29 is 22.7 Å². The predicted molar refractivity (Wildman–Crippen MR) is 102 cm³/mol. The van der Waals surface area contributed by atoms with Gasteiger partial charge >= 0.3 is 5.97 Å². The van der Waals surface area contributed by atoms with Crippen molar-refractivity contribution in [1.29, 1.82) is 0 Å². The minimum atomic E-state index is -3.84. The molecule has 0 spiro atoms. The van der Waals surface area contributed by atoms with Crippen molar-refractivity contribution >= 4 is 33.5 Å². The van der Waals surface area contributed by atoms with Gasteiger partial charge < -0.3 is 10.1 Å². The molecule has 0 radical (unpaired) electrons. The van der Waals surface area contributed by atoms with Gasteiger partial charge in [0.25, 0.3) is 5.91 Å². The highest BCUT2D eigenvalue weighted by Crippen LogP contribution is 2.18. The number of rotatable bonds is 7. The van der Waals surface area contributed by atoms with Crippen molar-refractivity contribution in [2.24, 2.45) is 0 Å². The summed E-state index contributed by atoms with van der Waals surface area (Å²) in [4.78, 5) is 23.9. The van der Waals surface area contributed by atoms with E-state index in [4.69, 9.17) is 16.3 Å². The topological polar surface area (TPSA) is 92.8 Å². The van der Waals surface area contributed by atoms with Gasteiger partial charge in [-0.2, -0.15) is 4.31 Å². The first-order valence-corrected chi connectivity index (χ1v) is 10.8. The van der Waals surface area contributed by atoms with Crippen molar-refractivity contribution in [2.45, 2.75) is 49.5 Å². The molecule has 2 rings (SSSR count). The number of hydrogen-bond acceptors (Lipinski definition) is 5. The SMILES string of the molecule is CN(CC(=O)OCC(=O)NC1CCCCCC1)S(=O)(=O)c1ccc(Cl)cc1. The lowest BCUT2D eigenvalue weighted by Crippen LogP contribution is -2.39. The first kappa shape index (κ1) is 21.7. The third-order valence-electron chi connectivity index (χ3n) is 4.46. The number of likely N-dealkylation sites (N-methyl/N-ethyl adjacent to an activating group) is 1. The molecule has 1 amide bonds. The Morgan fingerprint density at radius 3 is 2.33 bits per heavy atom. The van der Waals surface area contributed by atoms with Crippen LogP contribution in [0.5, 0.6) is 0 Å². The van der Waals surface area contributed by atoms with Crippen LogP contribution in [0, 0.1) is 0 Å². The Kier molecular flexibility index (Phi) is 8.07. The number of amides is 1. The number of carbonyl (C=O) groups is 2. The van der Waals surface area contributed by atoms with Crippen LogP contribution >= 0.6 is 11.6 Å². The molecular weight excluding hydrogens is 392 g/mol. The molecule has 0 bridgehead atoms. The minimum absolute atomic E-state index is 0.0216.